The zero-order chi connectivity index (χ0) is 14.5. The summed E-state index contributed by atoms with van der Waals surface area (Å²) < 4.78 is 5.46. The van der Waals surface area contributed by atoms with Crippen LogP contribution in [0.25, 0.3) is 0 Å². The molecule has 0 aliphatic carbocycles. The van der Waals surface area contributed by atoms with Crippen molar-refractivity contribution in [1.29, 1.82) is 0 Å². The molecular weight excluding hydrogens is 276 g/mol. The molecule has 1 amide bonds. The Morgan fingerprint density at radius 1 is 1.30 bits per heavy atom. The Kier molecular flexibility index (Phi) is 4.48. The largest absolute Gasteiger partial charge is 0.492 e. The minimum absolute atomic E-state index is 0.286. The van der Waals surface area contributed by atoms with Crippen molar-refractivity contribution in [3.63, 3.8) is 0 Å². The van der Waals surface area contributed by atoms with Crippen LogP contribution in [0.2, 0.25) is 5.02 Å². The topological polar surface area (TPSA) is 64.3 Å². The van der Waals surface area contributed by atoms with E-state index < -0.39 is 0 Å². The molecule has 0 atom stereocenters. The van der Waals surface area contributed by atoms with Crippen molar-refractivity contribution in [3.8, 4) is 5.75 Å². The highest BCUT2D eigenvalue weighted by atomic mass is 35.5. The van der Waals surface area contributed by atoms with E-state index in [2.05, 4.69) is 5.32 Å². The Bertz CT molecular complexity index is 609. The molecule has 0 saturated heterocycles. The van der Waals surface area contributed by atoms with E-state index in [1.165, 1.54) is 0 Å². The van der Waals surface area contributed by atoms with E-state index in [9.17, 15) is 4.79 Å². The summed E-state index contributed by atoms with van der Waals surface area (Å²) in [7, 11) is 0. The first-order chi connectivity index (χ1) is 9.60. The van der Waals surface area contributed by atoms with E-state index in [0.29, 0.717) is 34.3 Å². The normalized spacial score (nSPS) is 10.1. The van der Waals surface area contributed by atoms with Gasteiger partial charge in [0, 0.05) is 16.3 Å². The standard InChI is InChI=1S/C15H15ClN2O2/c1-2-20-14-6-4-3-5-13(14)18-15(19)10-7-11(16)9-12(17)8-10/h3-9H,2,17H2,1H3,(H,18,19). The van der Waals surface area contributed by atoms with Crippen molar-refractivity contribution in [2.24, 2.45) is 0 Å². The highest BCUT2D eigenvalue weighted by molar-refractivity contribution is 6.31. The predicted molar refractivity (Wildman–Crippen MR) is 81.4 cm³/mol. The second kappa shape index (κ2) is 6.30. The van der Waals surface area contributed by atoms with Crippen LogP contribution in [-0.4, -0.2) is 12.5 Å². The summed E-state index contributed by atoms with van der Waals surface area (Å²) in [5.74, 6) is 0.338. The van der Waals surface area contributed by atoms with Gasteiger partial charge in [-0.15, -0.1) is 0 Å². The van der Waals surface area contributed by atoms with E-state index in [0.717, 1.165) is 0 Å². The number of rotatable bonds is 4. The maximum absolute atomic E-state index is 12.2. The quantitative estimate of drug-likeness (QED) is 0.846. The van der Waals surface area contributed by atoms with Crippen LogP contribution in [0.3, 0.4) is 0 Å². The molecule has 4 nitrogen and oxygen atoms in total. The number of nitrogen functional groups attached to an aromatic ring is 1. The summed E-state index contributed by atoms with van der Waals surface area (Å²) in [6.45, 7) is 2.41. The summed E-state index contributed by atoms with van der Waals surface area (Å²) in [5, 5.41) is 3.21. The molecule has 2 aromatic rings. The van der Waals surface area contributed by atoms with Crippen molar-refractivity contribution in [1.82, 2.24) is 0 Å². The first-order valence-corrected chi connectivity index (χ1v) is 6.57. The van der Waals surface area contributed by atoms with Crippen LogP contribution in [-0.2, 0) is 0 Å². The molecule has 0 aliphatic heterocycles. The Hall–Kier alpha value is -2.20. The third-order valence-corrected chi connectivity index (χ3v) is 2.84. The van der Waals surface area contributed by atoms with Crippen LogP contribution in [0.15, 0.2) is 42.5 Å². The summed E-state index contributed by atoms with van der Waals surface area (Å²) in [5.41, 5.74) is 7.14. The molecule has 3 N–H and O–H groups in total. The molecular formula is C15H15ClN2O2. The lowest BCUT2D eigenvalue weighted by atomic mass is 10.2. The third kappa shape index (κ3) is 3.42. The van der Waals surface area contributed by atoms with Crippen LogP contribution in [0.4, 0.5) is 11.4 Å². The minimum Gasteiger partial charge on any atom is -0.492 e. The monoisotopic (exact) mass is 290 g/mol. The second-order valence-corrected chi connectivity index (χ2v) is 4.59. The van der Waals surface area contributed by atoms with Crippen molar-refractivity contribution < 1.29 is 9.53 Å². The fourth-order valence-corrected chi connectivity index (χ4v) is 2.03. The third-order valence-electron chi connectivity index (χ3n) is 2.62. The summed E-state index contributed by atoms with van der Waals surface area (Å²) in [6, 6.07) is 12.0. The minimum atomic E-state index is -0.286. The van der Waals surface area contributed by atoms with Crippen LogP contribution < -0.4 is 15.8 Å². The Labute approximate surface area is 122 Å². The molecule has 2 aromatic carbocycles. The van der Waals surface area contributed by atoms with E-state index in [4.69, 9.17) is 22.1 Å². The number of halogens is 1. The predicted octanol–water partition coefficient (Wildman–Crippen LogP) is 3.57. The average Bonchev–Trinajstić information content (AvgIpc) is 2.40. The Morgan fingerprint density at radius 3 is 2.75 bits per heavy atom. The molecule has 0 aliphatic rings. The molecule has 0 aromatic heterocycles. The number of nitrogens with one attached hydrogen (secondary N) is 1. The van der Waals surface area contributed by atoms with Crippen molar-refractivity contribution in [2.75, 3.05) is 17.7 Å². The SMILES string of the molecule is CCOc1ccccc1NC(=O)c1cc(N)cc(Cl)c1. The van der Waals surface area contributed by atoms with E-state index in [-0.39, 0.29) is 5.91 Å². The average molecular weight is 291 g/mol. The number of ether oxygens (including phenoxy) is 1. The van der Waals surface area contributed by atoms with Gasteiger partial charge in [0.15, 0.2) is 0 Å². The van der Waals surface area contributed by atoms with Crippen molar-refractivity contribution >= 4 is 28.9 Å². The van der Waals surface area contributed by atoms with Gasteiger partial charge in [-0.1, -0.05) is 23.7 Å². The fraction of sp³-hybridized carbons (Fsp3) is 0.133. The fourth-order valence-electron chi connectivity index (χ4n) is 1.79. The maximum atomic E-state index is 12.2. The van der Waals surface area contributed by atoms with E-state index >= 15 is 0 Å². The van der Waals surface area contributed by atoms with Crippen molar-refractivity contribution in [3.05, 3.63) is 53.1 Å². The van der Waals surface area contributed by atoms with E-state index in [1.807, 2.05) is 19.1 Å². The zero-order valence-corrected chi connectivity index (χ0v) is 11.8. The number of carbonyl (C=O) groups excluding carboxylic acids is 1. The van der Waals surface area contributed by atoms with E-state index in [1.54, 1.807) is 30.3 Å². The first-order valence-electron chi connectivity index (χ1n) is 6.19. The van der Waals surface area contributed by atoms with Gasteiger partial charge >= 0.3 is 0 Å². The molecule has 5 heteroatoms. The number of para-hydroxylation sites is 2. The molecule has 2 rings (SSSR count). The highest BCUT2D eigenvalue weighted by Gasteiger charge is 2.10. The van der Waals surface area contributed by atoms with Gasteiger partial charge < -0.3 is 15.8 Å². The van der Waals surface area contributed by atoms with Gasteiger partial charge in [-0.25, -0.2) is 0 Å². The van der Waals surface area contributed by atoms with Crippen LogP contribution >= 0.6 is 11.6 Å². The summed E-state index contributed by atoms with van der Waals surface area (Å²) in [6.07, 6.45) is 0. The number of carbonyl (C=O) groups is 1. The van der Waals surface area contributed by atoms with Crippen LogP contribution in [0, 0.1) is 0 Å². The van der Waals surface area contributed by atoms with Gasteiger partial charge in [0.2, 0.25) is 0 Å². The molecule has 0 unspecified atom stereocenters. The van der Waals surface area contributed by atoms with Crippen LogP contribution in [0.5, 0.6) is 5.75 Å². The number of nitrogens with two attached hydrogens (primary N) is 1. The van der Waals surface area contributed by atoms with Gasteiger partial charge in [0.25, 0.3) is 5.91 Å². The number of hydrogen-bond acceptors (Lipinski definition) is 3. The molecule has 0 bridgehead atoms. The molecule has 0 heterocycles. The number of benzene rings is 2. The number of anilines is 2. The maximum Gasteiger partial charge on any atom is 0.255 e. The molecule has 104 valence electrons. The smallest absolute Gasteiger partial charge is 0.255 e. The zero-order valence-electron chi connectivity index (χ0n) is 11.0. The van der Waals surface area contributed by atoms with Gasteiger partial charge in [-0.05, 0) is 37.3 Å². The van der Waals surface area contributed by atoms with Gasteiger partial charge in [0.05, 0.1) is 12.3 Å². The lowest BCUT2D eigenvalue weighted by Crippen LogP contribution is -2.13. The molecule has 0 fully saturated rings. The number of amides is 1. The molecule has 0 spiro atoms. The first kappa shape index (κ1) is 14.2. The Balaban J connectivity index is 2.23. The number of hydrogen-bond donors (Lipinski definition) is 2. The lowest BCUT2D eigenvalue weighted by Gasteiger charge is -2.11. The molecule has 20 heavy (non-hydrogen) atoms. The van der Waals surface area contributed by atoms with Gasteiger partial charge in [0.1, 0.15) is 5.75 Å². The van der Waals surface area contributed by atoms with Gasteiger partial charge in [-0.3, -0.25) is 4.79 Å². The van der Waals surface area contributed by atoms with Crippen molar-refractivity contribution in [2.45, 2.75) is 6.92 Å². The molecule has 0 radical (unpaired) electrons. The second-order valence-electron chi connectivity index (χ2n) is 4.16. The Morgan fingerprint density at radius 2 is 2.05 bits per heavy atom. The summed E-state index contributed by atoms with van der Waals surface area (Å²) in [4.78, 5) is 12.2. The lowest BCUT2D eigenvalue weighted by molar-refractivity contribution is 0.102. The molecule has 0 saturated carbocycles. The summed E-state index contributed by atoms with van der Waals surface area (Å²) >= 11 is 5.89. The highest BCUT2D eigenvalue weighted by Crippen LogP contribution is 2.25. The van der Waals surface area contributed by atoms with Crippen LogP contribution in [0.1, 0.15) is 17.3 Å². The van der Waals surface area contributed by atoms with Gasteiger partial charge in [-0.2, -0.15) is 0 Å².